The fourth-order valence-corrected chi connectivity index (χ4v) is 0.935. The van der Waals surface area contributed by atoms with Gasteiger partial charge in [0.05, 0.1) is 0 Å². The maximum absolute atomic E-state index is 8.53. The van der Waals surface area contributed by atoms with Gasteiger partial charge in [-0.25, -0.2) is 0 Å². The molecule has 1 N–H and O–H groups in total. The molecular weight excluding hydrogens is 100 g/mol. The van der Waals surface area contributed by atoms with E-state index in [-0.39, 0.29) is 0 Å². The van der Waals surface area contributed by atoms with E-state index in [2.05, 4.69) is 5.92 Å². The van der Waals surface area contributed by atoms with Crippen LogP contribution in [0.3, 0.4) is 0 Å². The summed E-state index contributed by atoms with van der Waals surface area (Å²) in [7, 11) is 0. The minimum atomic E-state index is 0.326. The first kappa shape index (κ1) is 5.65. The van der Waals surface area contributed by atoms with Crippen LogP contribution in [-0.4, -0.2) is 11.7 Å². The first-order valence-electron chi connectivity index (χ1n) is 2.92. The maximum Gasteiger partial charge on any atom is 0.0462 e. The molecule has 1 saturated carbocycles. The number of hydrogen-bond donors (Lipinski definition) is 1. The molecule has 0 heterocycles. The van der Waals surface area contributed by atoms with E-state index in [1.54, 1.807) is 0 Å². The van der Waals surface area contributed by atoms with Crippen molar-refractivity contribution in [2.75, 3.05) is 6.61 Å². The Kier molecular flexibility index (Phi) is 1.55. The molecule has 1 aliphatic rings. The lowest BCUT2D eigenvalue weighted by Crippen LogP contribution is -1.86. The second-order valence-corrected chi connectivity index (χ2v) is 2.35. The fraction of sp³-hybridized carbons (Fsp3) is 0.714. The molecule has 0 spiro atoms. The second-order valence-electron chi connectivity index (χ2n) is 2.35. The fourth-order valence-electron chi connectivity index (χ4n) is 0.935. The van der Waals surface area contributed by atoms with Crippen LogP contribution in [0.25, 0.3) is 0 Å². The second kappa shape index (κ2) is 2.19. The summed E-state index contributed by atoms with van der Waals surface area (Å²) in [6.45, 7) is 0.326. The Hall–Kier alpha value is -0.480. The van der Waals surface area contributed by atoms with E-state index in [0.717, 1.165) is 12.8 Å². The third-order valence-electron chi connectivity index (χ3n) is 1.68. The van der Waals surface area contributed by atoms with Crippen LogP contribution in [0, 0.1) is 24.2 Å². The number of aliphatic hydroxyl groups is 1. The van der Waals surface area contributed by atoms with Crippen LogP contribution < -0.4 is 0 Å². The molecule has 0 aromatic carbocycles. The standard InChI is InChI=1S/C7H10O/c1-2-3-6-4-7(6)5-8/h1,6-8H,3-5H2/t6-,7-/m1/s1. The molecule has 1 aliphatic carbocycles. The predicted molar refractivity (Wildman–Crippen MR) is 32.1 cm³/mol. The summed E-state index contributed by atoms with van der Waals surface area (Å²) in [5.41, 5.74) is 0. The van der Waals surface area contributed by atoms with Crippen molar-refractivity contribution < 1.29 is 5.11 Å². The summed E-state index contributed by atoms with van der Waals surface area (Å²) in [5, 5.41) is 8.53. The van der Waals surface area contributed by atoms with Gasteiger partial charge in [-0.3, -0.25) is 0 Å². The first-order chi connectivity index (χ1) is 3.88. The topological polar surface area (TPSA) is 20.2 Å². The van der Waals surface area contributed by atoms with Crippen LogP contribution in [0.1, 0.15) is 12.8 Å². The summed E-state index contributed by atoms with van der Waals surface area (Å²) in [6, 6.07) is 0. The summed E-state index contributed by atoms with van der Waals surface area (Å²) in [5.74, 6) is 3.76. The van der Waals surface area contributed by atoms with Crippen LogP contribution >= 0.6 is 0 Å². The Bertz CT molecular complexity index is 112. The monoisotopic (exact) mass is 110 g/mol. The molecular formula is C7H10O. The normalized spacial score (nSPS) is 34.0. The van der Waals surface area contributed by atoms with Gasteiger partial charge in [0.2, 0.25) is 0 Å². The molecule has 1 fully saturated rings. The summed E-state index contributed by atoms with van der Waals surface area (Å²) in [6.07, 6.45) is 7.05. The highest BCUT2D eigenvalue weighted by molar-refractivity contribution is 4.96. The molecule has 1 rings (SSSR count). The molecule has 0 amide bonds. The Labute approximate surface area is 49.7 Å². The average molecular weight is 110 g/mol. The van der Waals surface area contributed by atoms with Gasteiger partial charge in [0, 0.05) is 13.0 Å². The van der Waals surface area contributed by atoms with Gasteiger partial charge in [-0.1, -0.05) is 0 Å². The molecule has 0 aromatic rings. The van der Waals surface area contributed by atoms with Gasteiger partial charge in [-0.2, -0.15) is 0 Å². The molecule has 2 atom stereocenters. The van der Waals surface area contributed by atoms with Crippen molar-refractivity contribution in [2.45, 2.75) is 12.8 Å². The molecule has 0 bridgehead atoms. The highest BCUT2D eigenvalue weighted by atomic mass is 16.3. The number of aliphatic hydroxyl groups excluding tert-OH is 1. The smallest absolute Gasteiger partial charge is 0.0462 e. The van der Waals surface area contributed by atoms with Gasteiger partial charge in [0.15, 0.2) is 0 Å². The Morgan fingerprint density at radius 1 is 1.62 bits per heavy atom. The summed E-state index contributed by atoms with van der Waals surface area (Å²) >= 11 is 0. The molecule has 8 heavy (non-hydrogen) atoms. The summed E-state index contributed by atoms with van der Waals surface area (Å²) < 4.78 is 0. The third-order valence-corrected chi connectivity index (χ3v) is 1.68. The third kappa shape index (κ3) is 1.02. The van der Waals surface area contributed by atoms with Crippen LogP contribution in [0.15, 0.2) is 0 Å². The number of terminal acetylenes is 1. The van der Waals surface area contributed by atoms with Crippen LogP contribution in [0.5, 0.6) is 0 Å². The minimum absolute atomic E-state index is 0.326. The molecule has 0 aliphatic heterocycles. The van der Waals surface area contributed by atoms with E-state index in [0.29, 0.717) is 18.4 Å². The van der Waals surface area contributed by atoms with E-state index < -0.39 is 0 Å². The van der Waals surface area contributed by atoms with Crippen LogP contribution in [0.4, 0.5) is 0 Å². The van der Waals surface area contributed by atoms with E-state index in [1.165, 1.54) is 0 Å². The number of hydrogen-bond acceptors (Lipinski definition) is 1. The van der Waals surface area contributed by atoms with Crippen molar-refractivity contribution in [3.63, 3.8) is 0 Å². The molecule has 0 aromatic heterocycles. The van der Waals surface area contributed by atoms with Crippen molar-refractivity contribution in [2.24, 2.45) is 11.8 Å². The van der Waals surface area contributed by atoms with Gasteiger partial charge in [0.25, 0.3) is 0 Å². The predicted octanol–water partition coefficient (Wildman–Crippen LogP) is 0.638. The largest absolute Gasteiger partial charge is 0.396 e. The van der Waals surface area contributed by atoms with Gasteiger partial charge in [-0.05, 0) is 18.3 Å². The highest BCUT2D eigenvalue weighted by Crippen LogP contribution is 2.39. The number of rotatable bonds is 2. The Morgan fingerprint density at radius 2 is 2.38 bits per heavy atom. The van der Waals surface area contributed by atoms with E-state index in [9.17, 15) is 0 Å². The van der Waals surface area contributed by atoms with Crippen molar-refractivity contribution in [1.82, 2.24) is 0 Å². The quantitative estimate of drug-likeness (QED) is 0.517. The average Bonchev–Trinajstić information content (AvgIpc) is 2.48. The molecule has 0 unspecified atom stereocenters. The van der Waals surface area contributed by atoms with Gasteiger partial charge < -0.3 is 5.11 Å². The molecule has 0 radical (unpaired) electrons. The molecule has 1 heteroatoms. The SMILES string of the molecule is C#CC[C@@H]1C[C@@H]1CO. The zero-order chi connectivity index (χ0) is 5.98. The lowest BCUT2D eigenvalue weighted by Gasteiger charge is -1.85. The zero-order valence-corrected chi connectivity index (χ0v) is 4.80. The maximum atomic E-state index is 8.53. The molecule has 0 saturated heterocycles. The van der Waals surface area contributed by atoms with Crippen molar-refractivity contribution >= 4 is 0 Å². The van der Waals surface area contributed by atoms with Crippen LogP contribution in [-0.2, 0) is 0 Å². The molecule has 1 nitrogen and oxygen atoms in total. The highest BCUT2D eigenvalue weighted by Gasteiger charge is 2.34. The van der Waals surface area contributed by atoms with Crippen LogP contribution in [0.2, 0.25) is 0 Å². The summed E-state index contributed by atoms with van der Waals surface area (Å²) in [4.78, 5) is 0. The lowest BCUT2D eigenvalue weighted by molar-refractivity contribution is 0.269. The van der Waals surface area contributed by atoms with Crippen molar-refractivity contribution in [1.29, 1.82) is 0 Å². The van der Waals surface area contributed by atoms with Crippen molar-refractivity contribution in [3.05, 3.63) is 0 Å². The first-order valence-corrected chi connectivity index (χ1v) is 2.92. The minimum Gasteiger partial charge on any atom is -0.396 e. The zero-order valence-electron chi connectivity index (χ0n) is 4.80. The lowest BCUT2D eigenvalue weighted by atomic mass is 10.2. The molecule has 44 valence electrons. The van der Waals surface area contributed by atoms with E-state index >= 15 is 0 Å². The van der Waals surface area contributed by atoms with E-state index in [4.69, 9.17) is 11.5 Å². The van der Waals surface area contributed by atoms with E-state index in [1.807, 2.05) is 0 Å². The van der Waals surface area contributed by atoms with Gasteiger partial charge in [0.1, 0.15) is 0 Å². The Balaban J connectivity index is 2.10. The van der Waals surface area contributed by atoms with Gasteiger partial charge in [-0.15, -0.1) is 12.3 Å². The Morgan fingerprint density at radius 3 is 2.75 bits per heavy atom. The van der Waals surface area contributed by atoms with Gasteiger partial charge >= 0.3 is 0 Å². The van der Waals surface area contributed by atoms with Crippen molar-refractivity contribution in [3.8, 4) is 12.3 Å².